The third-order valence-electron chi connectivity index (χ3n) is 3.69. The molecule has 0 aromatic heterocycles. The third-order valence-corrected chi connectivity index (χ3v) is 3.69. The molecule has 0 saturated heterocycles. The Kier molecular flexibility index (Phi) is 6.15. The fourth-order valence-corrected chi connectivity index (χ4v) is 2.51. The number of ether oxygens (including phenoxy) is 1. The first-order valence-corrected chi connectivity index (χ1v) is 8.21. The lowest BCUT2D eigenvalue weighted by atomic mass is 9.89. The number of carbonyl (C=O) groups is 1. The summed E-state index contributed by atoms with van der Waals surface area (Å²) >= 11 is 0. The van der Waals surface area contributed by atoms with Crippen LogP contribution in [0.25, 0.3) is 0 Å². The van der Waals surface area contributed by atoms with Crippen LogP contribution in [0.1, 0.15) is 43.9 Å². The van der Waals surface area contributed by atoms with Crippen molar-refractivity contribution >= 4 is 6.09 Å². The van der Waals surface area contributed by atoms with Gasteiger partial charge < -0.3 is 15.2 Å². The van der Waals surface area contributed by atoms with Gasteiger partial charge in [-0.2, -0.15) is 0 Å². The average molecular weight is 345 g/mol. The number of carbonyl (C=O) groups excluding carboxylic acids is 1. The summed E-state index contributed by atoms with van der Waals surface area (Å²) in [5.41, 5.74) is 0.860. The molecule has 2 atom stereocenters. The van der Waals surface area contributed by atoms with Crippen LogP contribution in [0.3, 0.4) is 0 Å². The van der Waals surface area contributed by atoms with Crippen molar-refractivity contribution in [2.75, 3.05) is 6.54 Å². The molecule has 2 aromatic rings. The molecule has 0 bridgehead atoms. The lowest BCUT2D eigenvalue weighted by molar-refractivity contribution is 0.0509. The van der Waals surface area contributed by atoms with Crippen molar-refractivity contribution < 1.29 is 19.0 Å². The summed E-state index contributed by atoms with van der Waals surface area (Å²) in [5.74, 6) is -0.752. The van der Waals surface area contributed by atoms with Gasteiger partial charge >= 0.3 is 6.09 Å². The number of aliphatic hydroxyl groups excluding tert-OH is 1. The molecule has 25 heavy (non-hydrogen) atoms. The molecule has 0 fully saturated rings. The first-order valence-electron chi connectivity index (χ1n) is 8.21. The van der Waals surface area contributed by atoms with E-state index in [4.69, 9.17) is 4.74 Å². The summed E-state index contributed by atoms with van der Waals surface area (Å²) in [7, 11) is 0. The Hall–Kier alpha value is -2.40. The van der Waals surface area contributed by atoms with Crippen LogP contribution < -0.4 is 5.32 Å². The average Bonchev–Trinajstić information content (AvgIpc) is 2.55. The second-order valence-electron chi connectivity index (χ2n) is 6.90. The molecule has 1 amide bonds. The largest absolute Gasteiger partial charge is 0.444 e. The van der Waals surface area contributed by atoms with E-state index in [0.717, 1.165) is 5.56 Å². The van der Waals surface area contributed by atoms with Crippen LogP contribution in [0, 0.1) is 5.82 Å². The van der Waals surface area contributed by atoms with E-state index in [-0.39, 0.29) is 18.3 Å². The number of hydrogen-bond acceptors (Lipinski definition) is 3. The van der Waals surface area contributed by atoms with E-state index in [0.29, 0.717) is 5.56 Å². The molecular weight excluding hydrogens is 321 g/mol. The van der Waals surface area contributed by atoms with Gasteiger partial charge in [0.15, 0.2) is 0 Å². The maximum atomic E-state index is 13.1. The molecule has 0 aliphatic carbocycles. The van der Waals surface area contributed by atoms with Gasteiger partial charge in [0.2, 0.25) is 0 Å². The topological polar surface area (TPSA) is 58.6 Å². The van der Waals surface area contributed by atoms with Gasteiger partial charge in [0.05, 0.1) is 6.10 Å². The zero-order valence-electron chi connectivity index (χ0n) is 14.7. The Bertz CT molecular complexity index is 680. The van der Waals surface area contributed by atoms with Crippen LogP contribution >= 0.6 is 0 Å². The fraction of sp³-hybridized carbons (Fsp3) is 0.350. The number of aliphatic hydroxyl groups is 1. The van der Waals surface area contributed by atoms with E-state index >= 15 is 0 Å². The van der Waals surface area contributed by atoms with Crippen LogP contribution in [-0.2, 0) is 4.74 Å². The molecule has 0 saturated carbocycles. The maximum absolute atomic E-state index is 13.1. The van der Waals surface area contributed by atoms with Gasteiger partial charge in [-0.25, -0.2) is 9.18 Å². The van der Waals surface area contributed by atoms with Crippen LogP contribution in [0.2, 0.25) is 0 Å². The summed E-state index contributed by atoms with van der Waals surface area (Å²) in [6.07, 6.45) is -1.43. The second kappa shape index (κ2) is 8.12. The highest BCUT2D eigenvalue weighted by molar-refractivity contribution is 5.67. The monoisotopic (exact) mass is 345 g/mol. The number of benzene rings is 2. The molecular formula is C20H24FNO3. The molecule has 0 radical (unpaired) electrons. The lowest BCUT2D eigenvalue weighted by Crippen LogP contribution is -2.36. The minimum Gasteiger partial charge on any atom is -0.444 e. The summed E-state index contributed by atoms with van der Waals surface area (Å²) in [6.45, 7) is 5.55. The number of nitrogens with one attached hydrogen (secondary N) is 1. The van der Waals surface area contributed by atoms with E-state index in [1.165, 1.54) is 12.1 Å². The molecule has 134 valence electrons. The highest BCUT2D eigenvalue weighted by atomic mass is 19.1. The Labute approximate surface area is 147 Å². The molecule has 0 aliphatic heterocycles. The first kappa shape index (κ1) is 18.9. The van der Waals surface area contributed by atoms with Gasteiger partial charge in [-0.1, -0.05) is 42.5 Å². The molecule has 2 N–H and O–H groups in total. The molecule has 5 heteroatoms. The third kappa shape index (κ3) is 5.87. The Morgan fingerprint density at radius 1 is 1.08 bits per heavy atom. The summed E-state index contributed by atoms with van der Waals surface area (Å²) in [5, 5.41) is 13.5. The number of rotatable bonds is 5. The molecule has 2 rings (SSSR count). The maximum Gasteiger partial charge on any atom is 0.407 e. The van der Waals surface area contributed by atoms with E-state index in [1.54, 1.807) is 32.9 Å². The molecule has 4 nitrogen and oxygen atoms in total. The van der Waals surface area contributed by atoms with Crippen LogP contribution in [0.15, 0.2) is 54.6 Å². The van der Waals surface area contributed by atoms with Crippen LogP contribution in [-0.4, -0.2) is 23.3 Å². The van der Waals surface area contributed by atoms with Crippen molar-refractivity contribution in [2.24, 2.45) is 0 Å². The Balaban J connectivity index is 2.16. The molecule has 0 heterocycles. The van der Waals surface area contributed by atoms with E-state index < -0.39 is 17.8 Å². The van der Waals surface area contributed by atoms with Gasteiger partial charge in [-0.15, -0.1) is 0 Å². The minimum atomic E-state index is -0.891. The van der Waals surface area contributed by atoms with Crippen molar-refractivity contribution in [3.05, 3.63) is 71.5 Å². The highest BCUT2D eigenvalue weighted by Crippen LogP contribution is 2.30. The highest BCUT2D eigenvalue weighted by Gasteiger charge is 2.25. The normalized spacial score (nSPS) is 13.8. The number of hydrogen-bond donors (Lipinski definition) is 2. The zero-order chi connectivity index (χ0) is 18.4. The summed E-state index contributed by atoms with van der Waals surface area (Å²) < 4.78 is 18.4. The summed E-state index contributed by atoms with van der Waals surface area (Å²) in [4.78, 5) is 11.9. The van der Waals surface area contributed by atoms with Crippen molar-refractivity contribution in [3.8, 4) is 0 Å². The minimum absolute atomic E-state index is 0.192. The van der Waals surface area contributed by atoms with E-state index in [9.17, 15) is 14.3 Å². The molecule has 2 unspecified atom stereocenters. The van der Waals surface area contributed by atoms with Crippen molar-refractivity contribution in [1.29, 1.82) is 0 Å². The quantitative estimate of drug-likeness (QED) is 0.855. The Morgan fingerprint density at radius 2 is 1.68 bits per heavy atom. The first-order chi connectivity index (χ1) is 11.8. The lowest BCUT2D eigenvalue weighted by Gasteiger charge is -2.25. The predicted molar refractivity (Wildman–Crippen MR) is 94.8 cm³/mol. The van der Waals surface area contributed by atoms with Gasteiger partial charge in [0, 0.05) is 12.5 Å². The van der Waals surface area contributed by atoms with Crippen LogP contribution in [0.5, 0.6) is 0 Å². The number of alkyl carbamates (subject to hydrolysis) is 1. The number of amides is 1. The molecule has 0 aliphatic rings. The van der Waals surface area contributed by atoms with Crippen molar-refractivity contribution in [2.45, 2.75) is 38.4 Å². The van der Waals surface area contributed by atoms with Gasteiger partial charge in [-0.3, -0.25) is 0 Å². The van der Waals surface area contributed by atoms with E-state index in [1.807, 2.05) is 30.3 Å². The smallest absolute Gasteiger partial charge is 0.407 e. The SMILES string of the molecule is CC(C)(C)OC(=O)NCC(c1ccccc1)C(O)c1ccc(F)cc1. The van der Waals surface area contributed by atoms with Gasteiger partial charge in [0.1, 0.15) is 11.4 Å². The number of halogens is 1. The molecule has 0 spiro atoms. The van der Waals surface area contributed by atoms with Crippen LogP contribution in [0.4, 0.5) is 9.18 Å². The predicted octanol–water partition coefficient (Wildman–Crippen LogP) is 4.17. The second-order valence-corrected chi connectivity index (χ2v) is 6.90. The fourth-order valence-electron chi connectivity index (χ4n) is 2.51. The van der Waals surface area contributed by atoms with Crippen molar-refractivity contribution in [3.63, 3.8) is 0 Å². The van der Waals surface area contributed by atoms with Gasteiger partial charge in [0.25, 0.3) is 0 Å². The van der Waals surface area contributed by atoms with Crippen molar-refractivity contribution in [1.82, 2.24) is 5.32 Å². The Morgan fingerprint density at radius 3 is 2.24 bits per heavy atom. The van der Waals surface area contributed by atoms with Gasteiger partial charge in [-0.05, 0) is 44.0 Å². The molecule has 2 aromatic carbocycles. The summed E-state index contributed by atoms with van der Waals surface area (Å²) in [6, 6.07) is 15.1. The zero-order valence-corrected chi connectivity index (χ0v) is 14.7. The standard InChI is InChI=1S/C20H24FNO3/c1-20(2,3)25-19(24)22-13-17(14-7-5-4-6-8-14)18(23)15-9-11-16(21)12-10-15/h4-12,17-18,23H,13H2,1-3H3,(H,22,24). The van der Waals surface area contributed by atoms with E-state index in [2.05, 4.69) is 5.32 Å².